The van der Waals surface area contributed by atoms with E-state index in [1.165, 1.54) is 5.01 Å². The predicted molar refractivity (Wildman–Crippen MR) is 44.3 cm³/mol. The zero-order valence-electron chi connectivity index (χ0n) is 7.51. The van der Waals surface area contributed by atoms with E-state index in [4.69, 9.17) is 0 Å². The number of nitrogens with zero attached hydrogens (tertiary/aromatic N) is 2. The summed E-state index contributed by atoms with van der Waals surface area (Å²) in [7, 11) is 1.70. The number of carbonyl (C=O) groups excluding carboxylic acids is 1. The summed E-state index contributed by atoms with van der Waals surface area (Å²) in [5.41, 5.74) is 0.762. The molecule has 0 aromatic carbocycles. The van der Waals surface area contributed by atoms with Gasteiger partial charge in [0.25, 0.3) is 0 Å². The van der Waals surface area contributed by atoms with Gasteiger partial charge in [0.1, 0.15) is 0 Å². The Labute approximate surface area is 67.1 Å². The summed E-state index contributed by atoms with van der Waals surface area (Å²) in [5.74, 6) is 0.100. The number of rotatable bonds is 0. The second kappa shape index (κ2) is 2.32. The van der Waals surface area contributed by atoms with Crippen LogP contribution in [0.25, 0.3) is 0 Å². The van der Waals surface area contributed by atoms with Crippen LogP contribution >= 0.6 is 0 Å². The van der Waals surface area contributed by atoms with Crippen molar-refractivity contribution < 1.29 is 4.79 Å². The Balaban J connectivity index is 2.94. The van der Waals surface area contributed by atoms with Crippen LogP contribution in [0, 0.1) is 5.41 Å². The highest BCUT2D eigenvalue weighted by atomic mass is 16.2. The lowest BCUT2D eigenvalue weighted by Gasteiger charge is -2.31. The molecule has 0 aromatic heterocycles. The maximum Gasteiger partial charge on any atom is 0.248 e. The second-order valence-electron chi connectivity index (χ2n) is 3.72. The van der Waals surface area contributed by atoms with Crippen LogP contribution in [0.4, 0.5) is 0 Å². The molecular formula is C8H14N2O. The minimum atomic E-state index is -0.263. The highest BCUT2D eigenvalue weighted by Crippen LogP contribution is 2.27. The third-order valence-electron chi connectivity index (χ3n) is 1.89. The van der Waals surface area contributed by atoms with Crippen LogP contribution < -0.4 is 0 Å². The zero-order chi connectivity index (χ0) is 8.65. The number of hydrogen-bond acceptors (Lipinski definition) is 2. The molecule has 1 heterocycles. The molecule has 1 aliphatic heterocycles. The molecule has 0 spiro atoms. The Morgan fingerprint density at radius 2 is 2.09 bits per heavy atom. The molecule has 0 aliphatic carbocycles. The summed E-state index contributed by atoms with van der Waals surface area (Å²) in [5, 5.41) is 5.49. The van der Waals surface area contributed by atoms with E-state index in [-0.39, 0.29) is 11.3 Å². The van der Waals surface area contributed by atoms with Crippen LogP contribution in [0.2, 0.25) is 0 Å². The molecule has 0 aromatic rings. The zero-order valence-corrected chi connectivity index (χ0v) is 7.51. The average molecular weight is 154 g/mol. The Hall–Kier alpha value is -0.860. The van der Waals surface area contributed by atoms with Crippen LogP contribution in [0.5, 0.6) is 0 Å². The van der Waals surface area contributed by atoms with Crippen molar-refractivity contribution in [3.8, 4) is 0 Å². The van der Waals surface area contributed by atoms with Crippen molar-refractivity contribution in [1.82, 2.24) is 5.01 Å². The van der Waals surface area contributed by atoms with Gasteiger partial charge in [-0.2, -0.15) is 5.10 Å². The van der Waals surface area contributed by atoms with E-state index >= 15 is 0 Å². The van der Waals surface area contributed by atoms with Gasteiger partial charge in [-0.1, -0.05) is 13.8 Å². The van der Waals surface area contributed by atoms with Crippen molar-refractivity contribution in [2.24, 2.45) is 10.5 Å². The molecule has 1 amide bonds. The molecule has 3 nitrogen and oxygen atoms in total. The fraction of sp³-hybridized carbons (Fsp3) is 0.750. The molecule has 0 saturated carbocycles. The maximum absolute atomic E-state index is 11.4. The molecule has 0 atom stereocenters. The van der Waals surface area contributed by atoms with Crippen molar-refractivity contribution in [1.29, 1.82) is 0 Å². The third kappa shape index (κ3) is 1.42. The summed E-state index contributed by atoms with van der Waals surface area (Å²) in [6.07, 6.45) is 0.774. The lowest BCUT2D eigenvalue weighted by molar-refractivity contribution is -0.139. The van der Waals surface area contributed by atoms with E-state index in [9.17, 15) is 4.79 Å². The first-order chi connectivity index (χ1) is 4.93. The van der Waals surface area contributed by atoms with Gasteiger partial charge in [-0.05, 0) is 6.92 Å². The summed E-state index contributed by atoms with van der Waals surface area (Å²) in [6.45, 7) is 5.85. The maximum atomic E-state index is 11.4. The molecule has 11 heavy (non-hydrogen) atoms. The quantitative estimate of drug-likeness (QED) is 0.517. The van der Waals surface area contributed by atoms with Crippen LogP contribution in [0.15, 0.2) is 5.10 Å². The van der Waals surface area contributed by atoms with Crippen molar-refractivity contribution in [2.45, 2.75) is 27.2 Å². The van der Waals surface area contributed by atoms with Gasteiger partial charge >= 0.3 is 0 Å². The van der Waals surface area contributed by atoms with Gasteiger partial charge in [0.15, 0.2) is 0 Å². The van der Waals surface area contributed by atoms with Gasteiger partial charge in [0, 0.05) is 19.2 Å². The standard InChI is InChI=1S/C8H14N2O/c1-6-5-8(2,3)7(11)10(4)9-6/h5H2,1-4H3. The van der Waals surface area contributed by atoms with E-state index in [2.05, 4.69) is 5.10 Å². The normalized spacial score (nSPS) is 23.5. The molecule has 0 fully saturated rings. The number of carbonyl (C=O) groups is 1. The first-order valence-corrected chi connectivity index (χ1v) is 3.76. The summed E-state index contributed by atoms with van der Waals surface area (Å²) >= 11 is 0. The molecule has 1 aliphatic rings. The highest BCUT2D eigenvalue weighted by Gasteiger charge is 2.34. The van der Waals surface area contributed by atoms with Gasteiger partial charge in [-0.3, -0.25) is 4.79 Å². The Morgan fingerprint density at radius 1 is 1.55 bits per heavy atom. The van der Waals surface area contributed by atoms with Crippen molar-refractivity contribution in [2.75, 3.05) is 7.05 Å². The average Bonchev–Trinajstić information content (AvgIpc) is 1.81. The van der Waals surface area contributed by atoms with E-state index in [0.717, 1.165) is 12.1 Å². The molecule has 0 unspecified atom stereocenters. The lowest BCUT2D eigenvalue weighted by atomic mass is 9.85. The molecule has 1 rings (SSSR count). The molecule has 3 heteroatoms. The van der Waals surface area contributed by atoms with Crippen molar-refractivity contribution in [3.63, 3.8) is 0 Å². The fourth-order valence-corrected chi connectivity index (χ4v) is 1.49. The number of hydrogen-bond donors (Lipinski definition) is 0. The lowest BCUT2D eigenvalue weighted by Crippen LogP contribution is -2.41. The van der Waals surface area contributed by atoms with Gasteiger partial charge in [-0.25, -0.2) is 5.01 Å². The minimum absolute atomic E-state index is 0.100. The van der Waals surface area contributed by atoms with Crippen LogP contribution in [-0.4, -0.2) is 23.7 Å². The summed E-state index contributed by atoms with van der Waals surface area (Å²) in [4.78, 5) is 11.4. The van der Waals surface area contributed by atoms with Gasteiger partial charge in [-0.15, -0.1) is 0 Å². The first-order valence-electron chi connectivity index (χ1n) is 3.76. The third-order valence-corrected chi connectivity index (χ3v) is 1.89. The molecule has 0 bridgehead atoms. The number of hydrazone groups is 1. The smallest absolute Gasteiger partial charge is 0.248 e. The molecule has 0 saturated heterocycles. The summed E-state index contributed by atoms with van der Waals surface area (Å²) < 4.78 is 0. The van der Waals surface area contributed by atoms with Gasteiger partial charge in [0.05, 0.1) is 5.41 Å². The Morgan fingerprint density at radius 3 is 2.55 bits per heavy atom. The van der Waals surface area contributed by atoms with E-state index in [1.807, 2.05) is 20.8 Å². The largest absolute Gasteiger partial charge is 0.272 e. The molecule has 62 valence electrons. The van der Waals surface area contributed by atoms with Crippen LogP contribution in [0.1, 0.15) is 27.2 Å². The van der Waals surface area contributed by atoms with E-state index < -0.39 is 0 Å². The predicted octanol–water partition coefficient (Wildman–Crippen LogP) is 1.25. The van der Waals surface area contributed by atoms with Crippen molar-refractivity contribution in [3.05, 3.63) is 0 Å². The molecule has 0 N–H and O–H groups in total. The monoisotopic (exact) mass is 154 g/mol. The SMILES string of the molecule is CC1=NN(C)C(=O)C(C)(C)C1. The molecule has 0 radical (unpaired) electrons. The first kappa shape index (κ1) is 8.24. The highest BCUT2D eigenvalue weighted by molar-refractivity contribution is 5.94. The minimum Gasteiger partial charge on any atom is -0.272 e. The van der Waals surface area contributed by atoms with Gasteiger partial charge in [0.2, 0.25) is 5.91 Å². The van der Waals surface area contributed by atoms with E-state index in [0.29, 0.717) is 0 Å². The van der Waals surface area contributed by atoms with Crippen LogP contribution in [-0.2, 0) is 4.79 Å². The van der Waals surface area contributed by atoms with Gasteiger partial charge < -0.3 is 0 Å². The van der Waals surface area contributed by atoms with E-state index in [1.54, 1.807) is 7.05 Å². The Bertz CT molecular complexity index is 218. The van der Waals surface area contributed by atoms with Crippen molar-refractivity contribution >= 4 is 11.6 Å². The number of amides is 1. The van der Waals surface area contributed by atoms with Crippen LogP contribution in [0.3, 0.4) is 0 Å². The summed E-state index contributed by atoms with van der Waals surface area (Å²) in [6, 6.07) is 0. The Kier molecular flexibility index (Phi) is 1.74. The molecular weight excluding hydrogens is 140 g/mol. The second-order valence-corrected chi connectivity index (χ2v) is 3.72. The topological polar surface area (TPSA) is 32.7 Å². The fourth-order valence-electron chi connectivity index (χ4n) is 1.49.